The molecule has 3 aliphatic heterocycles. The summed E-state index contributed by atoms with van der Waals surface area (Å²) in [6, 6.07) is 11.1. The molecule has 2 N–H and O–H groups in total. The molecule has 1 spiro atoms. The van der Waals surface area contributed by atoms with Crippen molar-refractivity contribution < 1.29 is 9.59 Å². The first-order valence-corrected chi connectivity index (χ1v) is 8.60. The Morgan fingerprint density at radius 1 is 1.12 bits per heavy atom. The summed E-state index contributed by atoms with van der Waals surface area (Å²) in [5.41, 5.74) is 1.57. The summed E-state index contributed by atoms with van der Waals surface area (Å²) in [5, 5.41) is 6.69. The summed E-state index contributed by atoms with van der Waals surface area (Å²) in [4.78, 5) is 31.6. The molecule has 6 nitrogen and oxygen atoms in total. The minimum atomic E-state index is -0.572. The first-order valence-electron chi connectivity index (χ1n) is 8.60. The maximum absolute atomic E-state index is 13.0. The number of aromatic nitrogens is 1. The van der Waals surface area contributed by atoms with Crippen molar-refractivity contribution in [2.24, 2.45) is 0 Å². The van der Waals surface area contributed by atoms with Gasteiger partial charge in [-0.25, -0.2) is 0 Å². The van der Waals surface area contributed by atoms with Crippen LogP contribution in [0.1, 0.15) is 40.0 Å². The van der Waals surface area contributed by atoms with Crippen molar-refractivity contribution in [1.29, 1.82) is 0 Å². The Labute approximate surface area is 145 Å². The number of fused-ring (bicyclic) bond motifs is 4. The van der Waals surface area contributed by atoms with Crippen LogP contribution in [0, 0.1) is 0 Å². The van der Waals surface area contributed by atoms with Crippen LogP contribution >= 0.6 is 0 Å². The highest BCUT2D eigenvalue weighted by Gasteiger charge is 2.59. The van der Waals surface area contributed by atoms with Crippen LogP contribution in [0.25, 0.3) is 0 Å². The second kappa shape index (κ2) is 5.05. The van der Waals surface area contributed by atoms with E-state index in [4.69, 9.17) is 0 Å². The number of nitrogens with zero attached hydrogens (tertiary/aromatic N) is 2. The highest BCUT2D eigenvalue weighted by Crippen LogP contribution is 2.47. The van der Waals surface area contributed by atoms with Gasteiger partial charge in [-0.05, 0) is 37.1 Å². The molecular weight excluding hydrogens is 316 g/mol. The summed E-state index contributed by atoms with van der Waals surface area (Å²) in [6.07, 6.45) is 5.86. The number of anilines is 1. The van der Waals surface area contributed by atoms with Crippen LogP contribution in [0.2, 0.25) is 0 Å². The van der Waals surface area contributed by atoms with Crippen molar-refractivity contribution in [1.82, 2.24) is 15.2 Å². The number of amides is 2. The molecule has 0 saturated carbocycles. The van der Waals surface area contributed by atoms with Gasteiger partial charge in [0.25, 0.3) is 11.8 Å². The summed E-state index contributed by atoms with van der Waals surface area (Å²) < 4.78 is 0. The molecule has 2 fully saturated rings. The molecule has 126 valence electrons. The third-order valence-electron chi connectivity index (χ3n) is 5.66. The number of para-hydroxylation sites is 1. The average molecular weight is 334 g/mol. The Morgan fingerprint density at radius 2 is 1.92 bits per heavy atom. The van der Waals surface area contributed by atoms with E-state index in [0.717, 1.165) is 24.9 Å². The number of pyridine rings is 1. The Morgan fingerprint density at radius 3 is 2.76 bits per heavy atom. The lowest BCUT2D eigenvalue weighted by Crippen LogP contribution is -2.64. The molecule has 1 aromatic carbocycles. The number of carbonyl (C=O) groups is 2. The summed E-state index contributed by atoms with van der Waals surface area (Å²) in [7, 11) is 0. The highest BCUT2D eigenvalue weighted by atomic mass is 16.2. The fourth-order valence-electron chi connectivity index (χ4n) is 4.63. The molecule has 2 aromatic rings. The van der Waals surface area contributed by atoms with Gasteiger partial charge in [0.15, 0.2) is 0 Å². The van der Waals surface area contributed by atoms with Gasteiger partial charge in [-0.3, -0.25) is 14.6 Å². The highest BCUT2D eigenvalue weighted by molar-refractivity contribution is 6.03. The zero-order valence-electron chi connectivity index (χ0n) is 13.6. The molecule has 1 aromatic heterocycles. The molecule has 2 saturated heterocycles. The van der Waals surface area contributed by atoms with E-state index in [2.05, 4.69) is 15.6 Å². The van der Waals surface area contributed by atoms with Crippen molar-refractivity contribution in [3.63, 3.8) is 0 Å². The third-order valence-corrected chi connectivity index (χ3v) is 5.66. The van der Waals surface area contributed by atoms with Crippen molar-refractivity contribution in [3.8, 4) is 0 Å². The van der Waals surface area contributed by atoms with Crippen LogP contribution in [-0.2, 0) is 0 Å². The predicted octanol–water partition coefficient (Wildman–Crippen LogP) is 2.01. The second-order valence-corrected chi connectivity index (χ2v) is 7.00. The summed E-state index contributed by atoms with van der Waals surface area (Å²) >= 11 is 0. The summed E-state index contributed by atoms with van der Waals surface area (Å²) in [6.45, 7) is 0. The number of benzene rings is 1. The largest absolute Gasteiger partial charge is 0.360 e. The molecule has 3 aliphatic rings. The topological polar surface area (TPSA) is 74.3 Å². The van der Waals surface area contributed by atoms with Crippen LogP contribution in [0.5, 0.6) is 0 Å². The molecule has 0 radical (unpaired) electrons. The zero-order chi connectivity index (χ0) is 17.0. The van der Waals surface area contributed by atoms with E-state index in [0.29, 0.717) is 11.1 Å². The maximum Gasteiger partial charge on any atom is 0.255 e. The minimum Gasteiger partial charge on any atom is -0.360 e. The lowest BCUT2D eigenvalue weighted by Gasteiger charge is -2.43. The van der Waals surface area contributed by atoms with Gasteiger partial charge in [0, 0.05) is 36.1 Å². The monoisotopic (exact) mass is 334 g/mol. The Bertz CT molecular complexity index is 869. The standard InChI is InChI=1S/C19H18N4O2/c24-17-14-3-1-2-4-15(14)21-19(22-17)11-13-5-6-16(19)23(13)18(25)12-7-9-20-10-8-12/h1-4,7-10,13,16,21H,5-6,11H2,(H,22,24)/t13-,16-,19-/m1/s1. The molecule has 0 aliphatic carbocycles. The van der Waals surface area contributed by atoms with E-state index in [1.165, 1.54) is 0 Å². The smallest absolute Gasteiger partial charge is 0.255 e. The van der Waals surface area contributed by atoms with Gasteiger partial charge in [-0.2, -0.15) is 0 Å². The van der Waals surface area contributed by atoms with Gasteiger partial charge in [-0.1, -0.05) is 12.1 Å². The maximum atomic E-state index is 13.0. The van der Waals surface area contributed by atoms with E-state index in [9.17, 15) is 9.59 Å². The number of nitrogens with one attached hydrogen (secondary N) is 2. The van der Waals surface area contributed by atoms with Crippen molar-refractivity contribution in [2.45, 2.75) is 37.0 Å². The Kier molecular flexibility index (Phi) is 2.92. The van der Waals surface area contributed by atoms with Gasteiger partial charge < -0.3 is 15.5 Å². The SMILES string of the molecule is O=C1N[C@@]2(C[C@H]3CC[C@H]2N3C(=O)c2ccncc2)Nc2ccccc21. The van der Waals surface area contributed by atoms with Gasteiger partial charge >= 0.3 is 0 Å². The molecule has 2 amide bonds. The molecule has 2 bridgehead atoms. The van der Waals surface area contributed by atoms with E-state index in [1.807, 2.05) is 29.2 Å². The number of hydrogen-bond acceptors (Lipinski definition) is 4. The molecule has 0 unspecified atom stereocenters. The van der Waals surface area contributed by atoms with Gasteiger partial charge in [0.2, 0.25) is 0 Å². The molecule has 4 heterocycles. The minimum absolute atomic E-state index is 0.0154. The lowest BCUT2D eigenvalue weighted by molar-refractivity contribution is 0.0691. The third kappa shape index (κ3) is 2.00. The second-order valence-electron chi connectivity index (χ2n) is 7.00. The molecule has 6 heteroatoms. The van der Waals surface area contributed by atoms with Gasteiger partial charge in [-0.15, -0.1) is 0 Å². The lowest BCUT2D eigenvalue weighted by atomic mass is 9.86. The van der Waals surface area contributed by atoms with Crippen molar-refractivity contribution >= 4 is 17.5 Å². The average Bonchev–Trinajstić information content (AvgIpc) is 3.17. The van der Waals surface area contributed by atoms with Crippen LogP contribution in [0.4, 0.5) is 5.69 Å². The van der Waals surface area contributed by atoms with Gasteiger partial charge in [0.1, 0.15) is 5.66 Å². The molecule has 25 heavy (non-hydrogen) atoms. The van der Waals surface area contributed by atoms with Gasteiger partial charge in [0.05, 0.1) is 11.6 Å². The first kappa shape index (κ1) is 14.5. The van der Waals surface area contributed by atoms with E-state index in [1.54, 1.807) is 24.5 Å². The van der Waals surface area contributed by atoms with Crippen LogP contribution in [-0.4, -0.2) is 39.4 Å². The molecule has 5 rings (SSSR count). The van der Waals surface area contributed by atoms with E-state index >= 15 is 0 Å². The number of hydrogen-bond donors (Lipinski definition) is 2. The molecular formula is C19H18N4O2. The normalized spacial score (nSPS) is 29.3. The molecule has 3 atom stereocenters. The Balaban J connectivity index is 1.50. The quantitative estimate of drug-likeness (QED) is 0.837. The Hall–Kier alpha value is -2.89. The predicted molar refractivity (Wildman–Crippen MR) is 92.1 cm³/mol. The number of carbonyl (C=O) groups excluding carboxylic acids is 2. The van der Waals surface area contributed by atoms with E-state index < -0.39 is 5.66 Å². The van der Waals surface area contributed by atoms with Crippen LogP contribution < -0.4 is 10.6 Å². The van der Waals surface area contributed by atoms with Crippen LogP contribution in [0.15, 0.2) is 48.8 Å². The fourth-order valence-corrected chi connectivity index (χ4v) is 4.63. The van der Waals surface area contributed by atoms with Crippen LogP contribution in [0.3, 0.4) is 0 Å². The van der Waals surface area contributed by atoms with E-state index in [-0.39, 0.29) is 23.9 Å². The van der Waals surface area contributed by atoms with Crippen molar-refractivity contribution in [3.05, 3.63) is 59.9 Å². The first-order chi connectivity index (χ1) is 12.2. The zero-order valence-corrected chi connectivity index (χ0v) is 13.6. The number of rotatable bonds is 1. The summed E-state index contributed by atoms with van der Waals surface area (Å²) in [5.74, 6) is -0.0557. The fraction of sp³-hybridized carbons (Fsp3) is 0.316. The van der Waals surface area contributed by atoms with Crippen molar-refractivity contribution in [2.75, 3.05) is 5.32 Å².